The highest BCUT2D eigenvalue weighted by molar-refractivity contribution is 7.90. The van der Waals surface area contributed by atoms with E-state index in [-0.39, 0.29) is 6.04 Å². The van der Waals surface area contributed by atoms with Crippen molar-refractivity contribution in [2.75, 3.05) is 0 Å². The third-order valence-electron chi connectivity index (χ3n) is 2.48. The van der Waals surface area contributed by atoms with Gasteiger partial charge in [0.05, 0.1) is 10.8 Å². The molecule has 0 aliphatic rings. The first-order valence-corrected chi connectivity index (χ1v) is 6.95. The monoisotopic (exact) mass is 253 g/mol. The Bertz CT molecular complexity index is 472. The molecule has 0 aromatic heterocycles. The number of hydrogen-bond donors (Lipinski definition) is 1. The number of hydrogen-bond acceptors (Lipinski definition) is 2. The van der Waals surface area contributed by atoms with Gasteiger partial charge in [0, 0.05) is 0 Å². The molecule has 0 fully saturated rings. The van der Waals surface area contributed by atoms with Gasteiger partial charge in [0.2, 0.25) is 10.0 Å². The van der Waals surface area contributed by atoms with Crippen molar-refractivity contribution in [2.24, 2.45) is 0 Å². The van der Waals surface area contributed by atoms with Crippen LogP contribution in [0.3, 0.4) is 0 Å². The Balaban J connectivity index is 2.98. The van der Waals surface area contributed by atoms with Crippen molar-refractivity contribution >= 4 is 10.0 Å². The Morgan fingerprint density at radius 2 is 1.76 bits per heavy atom. The summed E-state index contributed by atoms with van der Waals surface area (Å²) in [4.78, 5) is 0. The van der Waals surface area contributed by atoms with Crippen LogP contribution in [0, 0.1) is 0 Å². The van der Waals surface area contributed by atoms with E-state index in [1.165, 1.54) is 0 Å². The largest absolute Gasteiger partial charge is 0.217 e. The Labute approximate surface area is 104 Å². The van der Waals surface area contributed by atoms with Crippen molar-refractivity contribution in [1.29, 1.82) is 0 Å². The van der Waals surface area contributed by atoms with Crippen LogP contribution in [0.4, 0.5) is 0 Å². The zero-order valence-corrected chi connectivity index (χ0v) is 11.3. The van der Waals surface area contributed by atoms with Crippen LogP contribution < -0.4 is 4.72 Å². The van der Waals surface area contributed by atoms with Crippen molar-refractivity contribution in [3.05, 3.63) is 48.6 Å². The Morgan fingerprint density at radius 1 is 1.24 bits per heavy atom. The summed E-state index contributed by atoms with van der Waals surface area (Å²) in [6, 6.07) is 8.99. The molecule has 1 aromatic rings. The lowest BCUT2D eigenvalue weighted by atomic mass is 10.1. The second-order valence-corrected chi connectivity index (χ2v) is 7.33. The van der Waals surface area contributed by atoms with Crippen LogP contribution >= 0.6 is 0 Å². The average molecular weight is 253 g/mol. The lowest BCUT2D eigenvalue weighted by molar-refractivity contribution is 0.538. The average Bonchev–Trinajstić information content (AvgIpc) is 2.25. The molecule has 1 rings (SSSR count). The standard InChI is InChI=1S/C13H19NO2S/c1-5-12(11-9-7-6-8-10-11)14-17(15,16)13(2,3)4/h5-10,12,14H,1H2,2-4H3. The van der Waals surface area contributed by atoms with Gasteiger partial charge >= 0.3 is 0 Å². The molecule has 0 saturated carbocycles. The SMILES string of the molecule is C=CC(NS(=O)(=O)C(C)(C)C)c1ccccc1. The molecule has 0 aliphatic carbocycles. The van der Waals surface area contributed by atoms with E-state index in [1.807, 2.05) is 30.3 Å². The van der Waals surface area contributed by atoms with Gasteiger partial charge in [0.1, 0.15) is 0 Å². The third kappa shape index (κ3) is 3.41. The van der Waals surface area contributed by atoms with E-state index >= 15 is 0 Å². The van der Waals surface area contributed by atoms with E-state index < -0.39 is 14.8 Å². The van der Waals surface area contributed by atoms with E-state index in [4.69, 9.17) is 0 Å². The highest BCUT2D eigenvalue weighted by Crippen LogP contribution is 2.20. The predicted octanol–water partition coefficient (Wildman–Crippen LogP) is 2.63. The Hall–Kier alpha value is -1.13. The topological polar surface area (TPSA) is 46.2 Å². The van der Waals surface area contributed by atoms with Crippen molar-refractivity contribution in [3.8, 4) is 0 Å². The fraction of sp³-hybridized carbons (Fsp3) is 0.385. The summed E-state index contributed by atoms with van der Waals surface area (Å²) < 4.78 is 25.9. The summed E-state index contributed by atoms with van der Waals surface area (Å²) >= 11 is 0. The lowest BCUT2D eigenvalue weighted by Gasteiger charge is -2.23. The normalized spacial score (nSPS) is 14.3. The first-order valence-electron chi connectivity index (χ1n) is 5.47. The second kappa shape index (κ2) is 5.02. The maximum Gasteiger partial charge on any atom is 0.217 e. The van der Waals surface area contributed by atoms with Crippen molar-refractivity contribution in [2.45, 2.75) is 31.6 Å². The van der Waals surface area contributed by atoms with Crippen molar-refractivity contribution in [1.82, 2.24) is 4.72 Å². The fourth-order valence-electron chi connectivity index (χ4n) is 1.26. The smallest absolute Gasteiger partial charge is 0.212 e. The highest BCUT2D eigenvalue weighted by atomic mass is 32.2. The van der Waals surface area contributed by atoms with Gasteiger partial charge in [0.25, 0.3) is 0 Å². The molecule has 1 N–H and O–H groups in total. The van der Waals surface area contributed by atoms with Gasteiger partial charge in [-0.2, -0.15) is 0 Å². The zero-order valence-electron chi connectivity index (χ0n) is 10.5. The molecule has 0 saturated heterocycles. The summed E-state index contributed by atoms with van der Waals surface area (Å²) in [5.74, 6) is 0. The minimum absolute atomic E-state index is 0.388. The molecule has 4 heteroatoms. The van der Waals surface area contributed by atoms with Gasteiger partial charge in [-0.3, -0.25) is 0 Å². The van der Waals surface area contributed by atoms with Crippen LogP contribution in [-0.2, 0) is 10.0 Å². The van der Waals surface area contributed by atoms with Crippen molar-refractivity contribution < 1.29 is 8.42 Å². The van der Waals surface area contributed by atoms with Crippen molar-refractivity contribution in [3.63, 3.8) is 0 Å². The maximum atomic E-state index is 12.0. The van der Waals surface area contributed by atoms with E-state index in [0.717, 1.165) is 5.56 Å². The molecule has 17 heavy (non-hydrogen) atoms. The molecular formula is C13H19NO2S. The quantitative estimate of drug-likeness (QED) is 0.838. The summed E-state index contributed by atoms with van der Waals surface area (Å²) in [6.45, 7) is 8.68. The molecule has 0 spiro atoms. The van der Waals surface area contributed by atoms with Gasteiger partial charge in [-0.15, -0.1) is 6.58 Å². The molecule has 3 nitrogen and oxygen atoms in total. The Morgan fingerprint density at radius 3 is 2.18 bits per heavy atom. The van der Waals surface area contributed by atoms with Gasteiger partial charge in [-0.25, -0.2) is 13.1 Å². The summed E-state index contributed by atoms with van der Waals surface area (Å²) in [5.41, 5.74) is 0.885. The number of nitrogens with one attached hydrogen (secondary N) is 1. The van der Waals surface area contributed by atoms with Crippen LogP contribution in [0.5, 0.6) is 0 Å². The van der Waals surface area contributed by atoms with Crippen LogP contribution in [0.15, 0.2) is 43.0 Å². The molecule has 0 amide bonds. The fourth-order valence-corrected chi connectivity index (χ4v) is 2.18. The van der Waals surface area contributed by atoms with E-state index in [2.05, 4.69) is 11.3 Å². The number of sulfonamides is 1. The van der Waals surface area contributed by atoms with Crippen LogP contribution in [0.2, 0.25) is 0 Å². The van der Waals surface area contributed by atoms with Gasteiger partial charge < -0.3 is 0 Å². The molecule has 1 atom stereocenters. The van der Waals surface area contributed by atoms with E-state index in [1.54, 1.807) is 26.8 Å². The van der Waals surface area contributed by atoms with Gasteiger partial charge in [0.15, 0.2) is 0 Å². The maximum absolute atomic E-state index is 12.0. The zero-order chi connectivity index (χ0) is 13.1. The Kier molecular flexibility index (Phi) is 4.11. The summed E-state index contributed by atoms with van der Waals surface area (Å²) in [7, 11) is -3.38. The van der Waals surface area contributed by atoms with Crippen LogP contribution in [0.1, 0.15) is 32.4 Å². The summed E-state index contributed by atoms with van der Waals surface area (Å²) in [6.07, 6.45) is 1.60. The molecule has 0 radical (unpaired) electrons. The number of rotatable bonds is 4. The predicted molar refractivity (Wildman–Crippen MR) is 71.2 cm³/mol. The molecule has 0 heterocycles. The number of benzene rings is 1. The molecule has 0 aliphatic heterocycles. The van der Waals surface area contributed by atoms with Gasteiger partial charge in [-0.1, -0.05) is 36.4 Å². The van der Waals surface area contributed by atoms with E-state index in [0.29, 0.717) is 0 Å². The van der Waals surface area contributed by atoms with Gasteiger partial charge in [-0.05, 0) is 26.3 Å². The second-order valence-electron chi connectivity index (χ2n) is 4.86. The summed E-state index contributed by atoms with van der Waals surface area (Å²) in [5, 5.41) is 0. The molecule has 0 bridgehead atoms. The highest BCUT2D eigenvalue weighted by Gasteiger charge is 2.30. The third-order valence-corrected chi connectivity index (χ3v) is 4.66. The first-order chi connectivity index (χ1) is 7.78. The minimum Gasteiger partial charge on any atom is -0.212 e. The minimum atomic E-state index is -3.38. The first kappa shape index (κ1) is 13.9. The molecule has 94 valence electrons. The van der Waals surface area contributed by atoms with E-state index in [9.17, 15) is 8.42 Å². The molecule has 1 unspecified atom stereocenters. The molecule has 1 aromatic carbocycles. The molecular weight excluding hydrogens is 234 g/mol. The van der Waals surface area contributed by atoms with Crippen LogP contribution in [0.25, 0.3) is 0 Å². The van der Waals surface area contributed by atoms with Crippen LogP contribution in [-0.4, -0.2) is 13.2 Å². The lowest BCUT2D eigenvalue weighted by Crippen LogP contribution is -2.40.